The average molecular weight is 420 g/mol. The van der Waals surface area contributed by atoms with Gasteiger partial charge in [0.05, 0.1) is 0 Å². The summed E-state index contributed by atoms with van der Waals surface area (Å²) in [5.74, 6) is -1.21. The third-order valence-electron chi connectivity index (χ3n) is 4.35. The predicted octanol–water partition coefficient (Wildman–Crippen LogP) is 4.21. The first-order valence-electron chi connectivity index (χ1n) is 8.67. The second-order valence-corrected chi connectivity index (χ2v) is 8.03. The van der Waals surface area contributed by atoms with Gasteiger partial charge >= 0.3 is 0 Å². The summed E-state index contributed by atoms with van der Waals surface area (Å²) in [4.78, 5) is 28.4. The standard InChI is InChI=1S/C20H19ClFN3O2S/c1-11-5-3-6-12(2)18(11)24-20-25-19(27)16(28-20)9-17(26)23-10-13-14(21)7-4-8-15(13)22/h3-8,16H,9-10H2,1-2H3,(H,23,26)(H,24,25,27). The topological polar surface area (TPSA) is 70.6 Å². The Morgan fingerprint density at radius 3 is 2.57 bits per heavy atom. The van der Waals surface area contributed by atoms with Crippen molar-refractivity contribution in [3.05, 3.63) is 63.9 Å². The van der Waals surface area contributed by atoms with Gasteiger partial charge in [-0.25, -0.2) is 4.39 Å². The van der Waals surface area contributed by atoms with E-state index >= 15 is 0 Å². The maximum Gasteiger partial charge on any atom is 0.262 e. The molecule has 0 bridgehead atoms. The Kier molecular flexibility index (Phi) is 6.36. The molecule has 0 aromatic heterocycles. The molecule has 0 saturated heterocycles. The van der Waals surface area contributed by atoms with Crippen LogP contribution in [0.4, 0.5) is 10.1 Å². The molecule has 0 saturated carbocycles. The van der Waals surface area contributed by atoms with Gasteiger partial charge in [0, 0.05) is 29.2 Å². The van der Waals surface area contributed by atoms with E-state index < -0.39 is 11.1 Å². The largest absolute Gasteiger partial charge is 0.352 e. The summed E-state index contributed by atoms with van der Waals surface area (Å²) in [5, 5.41) is 5.89. The molecule has 1 aliphatic heterocycles. The van der Waals surface area contributed by atoms with Crippen molar-refractivity contribution in [3.63, 3.8) is 0 Å². The van der Waals surface area contributed by atoms with Gasteiger partial charge in [0.15, 0.2) is 5.17 Å². The first kappa shape index (κ1) is 20.4. The van der Waals surface area contributed by atoms with Crippen LogP contribution in [-0.4, -0.2) is 22.2 Å². The second kappa shape index (κ2) is 8.75. The molecule has 3 rings (SSSR count). The number of carbonyl (C=O) groups is 2. The Bertz CT molecular complexity index is 924. The fourth-order valence-corrected chi connectivity index (χ4v) is 4.01. The van der Waals surface area contributed by atoms with E-state index in [2.05, 4.69) is 15.6 Å². The quantitative estimate of drug-likeness (QED) is 0.761. The Hall–Kier alpha value is -2.38. The van der Waals surface area contributed by atoms with E-state index in [1.807, 2.05) is 32.0 Å². The molecule has 146 valence electrons. The molecule has 2 aromatic carbocycles. The number of nitrogens with one attached hydrogen (secondary N) is 2. The zero-order valence-corrected chi connectivity index (χ0v) is 17.0. The van der Waals surface area contributed by atoms with Crippen molar-refractivity contribution in [2.45, 2.75) is 32.1 Å². The van der Waals surface area contributed by atoms with E-state index in [9.17, 15) is 14.0 Å². The van der Waals surface area contributed by atoms with Gasteiger partial charge in [0.2, 0.25) is 5.91 Å². The summed E-state index contributed by atoms with van der Waals surface area (Å²) in [6.07, 6.45) is -0.0446. The van der Waals surface area contributed by atoms with Crippen LogP contribution in [0.25, 0.3) is 0 Å². The van der Waals surface area contributed by atoms with Crippen LogP contribution in [-0.2, 0) is 16.1 Å². The molecule has 0 radical (unpaired) electrons. The SMILES string of the molecule is Cc1cccc(C)c1NC1=NC(=O)C(CC(=O)NCc2c(F)cccc2Cl)S1. The highest BCUT2D eigenvalue weighted by Gasteiger charge is 2.31. The number of carbonyl (C=O) groups excluding carboxylic acids is 2. The summed E-state index contributed by atoms with van der Waals surface area (Å²) in [6, 6.07) is 10.2. The average Bonchev–Trinajstić information content (AvgIpc) is 2.97. The van der Waals surface area contributed by atoms with Gasteiger partial charge in [-0.3, -0.25) is 9.59 Å². The van der Waals surface area contributed by atoms with E-state index in [1.54, 1.807) is 6.07 Å². The number of anilines is 1. The number of para-hydroxylation sites is 1. The smallest absolute Gasteiger partial charge is 0.262 e. The van der Waals surface area contributed by atoms with Gasteiger partial charge in [-0.1, -0.05) is 47.6 Å². The van der Waals surface area contributed by atoms with E-state index in [1.165, 1.54) is 23.9 Å². The van der Waals surface area contributed by atoms with E-state index in [-0.39, 0.29) is 35.4 Å². The Morgan fingerprint density at radius 1 is 1.21 bits per heavy atom. The third kappa shape index (κ3) is 4.72. The van der Waals surface area contributed by atoms with Crippen LogP contribution in [0.15, 0.2) is 41.4 Å². The lowest BCUT2D eigenvalue weighted by molar-refractivity contribution is -0.124. The Labute approximate surface area is 171 Å². The number of nitrogens with zero attached hydrogens (tertiary/aromatic N) is 1. The van der Waals surface area contributed by atoms with Gasteiger partial charge in [0.25, 0.3) is 5.91 Å². The van der Waals surface area contributed by atoms with Crippen LogP contribution < -0.4 is 10.6 Å². The summed E-state index contributed by atoms with van der Waals surface area (Å²) in [7, 11) is 0. The van der Waals surface area contributed by atoms with Crippen molar-refractivity contribution < 1.29 is 14.0 Å². The molecule has 28 heavy (non-hydrogen) atoms. The normalized spacial score (nSPS) is 16.1. The van der Waals surface area contributed by atoms with Crippen LogP contribution >= 0.6 is 23.4 Å². The molecule has 1 unspecified atom stereocenters. The van der Waals surface area contributed by atoms with Crippen molar-refractivity contribution in [1.82, 2.24) is 5.32 Å². The van der Waals surface area contributed by atoms with Crippen LogP contribution in [0.1, 0.15) is 23.1 Å². The number of amidine groups is 1. The number of amides is 2. The lowest BCUT2D eigenvalue weighted by Gasteiger charge is -2.12. The summed E-state index contributed by atoms with van der Waals surface area (Å²) < 4.78 is 13.8. The molecule has 8 heteroatoms. The van der Waals surface area contributed by atoms with Crippen LogP contribution in [0.5, 0.6) is 0 Å². The van der Waals surface area contributed by atoms with Crippen molar-refractivity contribution in [3.8, 4) is 0 Å². The number of hydrogen-bond donors (Lipinski definition) is 2. The van der Waals surface area contributed by atoms with Crippen molar-refractivity contribution in [2.75, 3.05) is 5.32 Å². The van der Waals surface area contributed by atoms with Gasteiger partial charge in [-0.05, 0) is 37.1 Å². The van der Waals surface area contributed by atoms with Crippen molar-refractivity contribution >= 4 is 46.0 Å². The second-order valence-electron chi connectivity index (χ2n) is 6.43. The number of aryl methyl sites for hydroxylation is 2. The highest BCUT2D eigenvalue weighted by atomic mass is 35.5. The van der Waals surface area contributed by atoms with Crippen LogP contribution in [0, 0.1) is 19.7 Å². The minimum Gasteiger partial charge on any atom is -0.352 e. The van der Waals surface area contributed by atoms with Gasteiger partial charge < -0.3 is 10.6 Å². The van der Waals surface area contributed by atoms with Gasteiger partial charge in [-0.2, -0.15) is 4.99 Å². The number of aliphatic imine (C=N–C) groups is 1. The lowest BCUT2D eigenvalue weighted by atomic mass is 10.1. The third-order valence-corrected chi connectivity index (χ3v) is 5.77. The number of rotatable bonds is 5. The minimum atomic E-state index is -0.608. The van der Waals surface area contributed by atoms with E-state index in [4.69, 9.17) is 11.6 Å². The Morgan fingerprint density at radius 2 is 1.89 bits per heavy atom. The van der Waals surface area contributed by atoms with E-state index in [0.717, 1.165) is 16.8 Å². The predicted molar refractivity (Wildman–Crippen MR) is 111 cm³/mol. The molecule has 0 fully saturated rings. The molecule has 2 N–H and O–H groups in total. The van der Waals surface area contributed by atoms with Crippen LogP contribution in [0.3, 0.4) is 0 Å². The molecular formula is C20H19ClFN3O2S. The zero-order chi connectivity index (χ0) is 20.3. The highest BCUT2D eigenvalue weighted by molar-refractivity contribution is 8.15. The fraction of sp³-hybridized carbons (Fsp3) is 0.250. The number of thioether (sulfide) groups is 1. The fourth-order valence-electron chi connectivity index (χ4n) is 2.82. The Balaban J connectivity index is 1.56. The first-order valence-corrected chi connectivity index (χ1v) is 9.93. The van der Waals surface area contributed by atoms with E-state index in [0.29, 0.717) is 5.17 Å². The monoisotopic (exact) mass is 419 g/mol. The number of benzene rings is 2. The molecule has 0 aliphatic carbocycles. The van der Waals surface area contributed by atoms with Crippen LogP contribution in [0.2, 0.25) is 5.02 Å². The zero-order valence-electron chi connectivity index (χ0n) is 15.4. The molecule has 0 spiro atoms. The molecule has 2 aromatic rings. The maximum atomic E-state index is 13.8. The summed E-state index contributed by atoms with van der Waals surface area (Å²) in [6.45, 7) is 3.90. The lowest BCUT2D eigenvalue weighted by Crippen LogP contribution is -2.28. The van der Waals surface area contributed by atoms with Gasteiger partial charge in [-0.15, -0.1) is 0 Å². The van der Waals surface area contributed by atoms with Crippen molar-refractivity contribution in [2.24, 2.45) is 4.99 Å². The highest BCUT2D eigenvalue weighted by Crippen LogP contribution is 2.28. The molecule has 1 atom stereocenters. The van der Waals surface area contributed by atoms with Crippen molar-refractivity contribution in [1.29, 1.82) is 0 Å². The number of halogens is 2. The summed E-state index contributed by atoms with van der Waals surface area (Å²) in [5.41, 5.74) is 3.20. The first-order chi connectivity index (χ1) is 13.3. The summed E-state index contributed by atoms with van der Waals surface area (Å²) >= 11 is 7.17. The molecule has 1 heterocycles. The van der Waals surface area contributed by atoms with Gasteiger partial charge in [0.1, 0.15) is 11.1 Å². The molecular weight excluding hydrogens is 401 g/mol. The maximum absolute atomic E-state index is 13.8. The molecule has 5 nitrogen and oxygen atoms in total. The molecule has 1 aliphatic rings. The molecule has 2 amide bonds. The minimum absolute atomic E-state index is 0.0374. The number of hydrogen-bond acceptors (Lipinski definition) is 4.